The first-order chi connectivity index (χ1) is 15.7. The quantitative estimate of drug-likeness (QED) is 0.553. The van der Waals surface area contributed by atoms with Crippen molar-refractivity contribution in [1.29, 1.82) is 0 Å². The smallest absolute Gasteiger partial charge is 0.337 e. The summed E-state index contributed by atoms with van der Waals surface area (Å²) in [7, 11) is 1.44. The maximum atomic E-state index is 12.4. The van der Waals surface area contributed by atoms with Crippen LogP contribution in [0.2, 0.25) is 0 Å². The van der Waals surface area contributed by atoms with Gasteiger partial charge in [-0.3, -0.25) is 0 Å². The van der Waals surface area contributed by atoms with Crippen molar-refractivity contribution in [3.8, 4) is 17.0 Å². The van der Waals surface area contributed by atoms with Crippen LogP contribution >= 0.6 is 0 Å². The lowest BCUT2D eigenvalue weighted by molar-refractivity contribution is 0.0601. The molecular weight excluding hydrogens is 400 g/mol. The lowest BCUT2D eigenvalue weighted by Crippen LogP contribution is -2.24. The zero-order chi connectivity index (χ0) is 22.1. The third-order valence-electron chi connectivity index (χ3n) is 7.17. The van der Waals surface area contributed by atoms with E-state index in [1.807, 2.05) is 18.2 Å². The number of aromatic nitrogens is 1. The van der Waals surface area contributed by atoms with Crippen LogP contribution in [0.4, 0.5) is 0 Å². The van der Waals surface area contributed by atoms with E-state index in [1.54, 1.807) is 0 Å². The number of nitrogens with zero attached hydrogens (tertiary/aromatic N) is 1. The minimum absolute atomic E-state index is 0.297. The summed E-state index contributed by atoms with van der Waals surface area (Å²) in [5.41, 5.74) is 11.5. The lowest BCUT2D eigenvalue weighted by atomic mass is 9.81. The minimum atomic E-state index is -0.297. The van der Waals surface area contributed by atoms with E-state index in [9.17, 15) is 4.79 Å². The molecule has 0 spiro atoms. The number of esters is 1. The van der Waals surface area contributed by atoms with Crippen LogP contribution in [0.1, 0.15) is 60.4 Å². The molecule has 0 unspecified atom stereocenters. The molecule has 1 saturated carbocycles. The Hall–Kier alpha value is -2.79. The number of benzene rings is 2. The molecule has 5 nitrogen and oxygen atoms in total. The first-order valence-electron chi connectivity index (χ1n) is 11.9. The number of hydrogen-bond acceptors (Lipinski definition) is 4. The second-order valence-electron chi connectivity index (χ2n) is 9.18. The topological polar surface area (TPSA) is 66.5 Å². The van der Waals surface area contributed by atoms with Crippen LogP contribution in [0.5, 0.6) is 5.75 Å². The van der Waals surface area contributed by atoms with Gasteiger partial charge in [-0.15, -0.1) is 0 Å². The number of para-hydroxylation sites is 1. The monoisotopic (exact) mass is 432 g/mol. The van der Waals surface area contributed by atoms with Crippen molar-refractivity contribution in [3.63, 3.8) is 0 Å². The van der Waals surface area contributed by atoms with Crippen molar-refractivity contribution in [2.45, 2.75) is 51.0 Å². The molecular formula is C27H32N2O3. The summed E-state index contributed by atoms with van der Waals surface area (Å²) >= 11 is 0. The summed E-state index contributed by atoms with van der Waals surface area (Å²) in [5.74, 6) is 1.47. The van der Waals surface area contributed by atoms with E-state index in [1.165, 1.54) is 55.9 Å². The van der Waals surface area contributed by atoms with Gasteiger partial charge in [0.15, 0.2) is 0 Å². The highest BCUT2D eigenvalue weighted by Crippen LogP contribution is 2.47. The number of carbonyl (C=O) groups excluding carboxylic acids is 1. The molecule has 1 aliphatic heterocycles. The van der Waals surface area contributed by atoms with Gasteiger partial charge in [0, 0.05) is 28.9 Å². The number of fused-ring (bicyclic) bond motifs is 5. The molecule has 5 heteroatoms. The van der Waals surface area contributed by atoms with E-state index in [0.29, 0.717) is 30.6 Å². The second kappa shape index (κ2) is 8.99. The molecule has 3 aromatic rings. The molecule has 2 aromatic carbocycles. The average Bonchev–Trinajstić information content (AvgIpc) is 3.14. The van der Waals surface area contributed by atoms with Crippen molar-refractivity contribution < 1.29 is 14.3 Å². The summed E-state index contributed by atoms with van der Waals surface area (Å²) < 4.78 is 13.8. The van der Waals surface area contributed by atoms with Gasteiger partial charge in [0.2, 0.25) is 0 Å². The van der Waals surface area contributed by atoms with Gasteiger partial charge in [0.25, 0.3) is 0 Å². The summed E-state index contributed by atoms with van der Waals surface area (Å²) in [6, 6.07) is 14.4. The molecule has 1 aromatic heterocycles. The van der Waals surface area contributed by atoms with Gasteiger partial charge >= 0.3 is 5.97 Å². The Bertz CT molecular complexity index is 1130. The van der Waals surface area contributed by atoms with Crippen molar-refractivity contribution in [2.24, 2.45) is 11.7 Å². The molecule has 2 N–H and O–H groups in total. The van der Waals surface area contributed by atoms with Crippen LogP contribution in [0.25, 0.3) is 22.2 Å². The standard InChI is InChI=1S/C27H32N2O3/c1-31-27(30)20-11-12-21-23(15-20)29-16-18(13-14-28)17-32-24-10-6-5-9-22(24)26(29)25(21)19-7-3-2-4-8-19/h5-6,9-12,15,18-19H,2-4,7-8,13-14,16-17,28H2,1H3/t18-/m1/s1. The first kappa shape index (κ1) is 21.1. The molecule has 168 valence electrons. The molecule has 0 radical (unpaired) electrons. The zero-order valence-corrected chi connectivity index (χ0v) is 18.8. The maximum absolute atomic E-state index is 12.4. The summed E-state index contributed by atoms with van der Waals surface area (Å²) in [4.78, 5) is 12.4. The van der Waals surface area contributed by atoms with Crippen LogP contribution in [0.15, 0.2) is 42.5 Å². The van der Waals surface area contributed by atoms with E-state index in [0.717, 1.165) is 29.8 Å². The summed E-state index contributed by atoms with van der Waals surface area (Å²) in [6.07, 6.45) is 7.17. The van der Waals surface area contributed by atoms with Gasteiger partial charge < -0.3 is 19.8 Å². The van der Waals surface area contributed by atoms with Gasteiger partial charge in [-0.1, -0.05) is 37.5 Å². The predicted molar refractivity (Wildman–Crippen MR) is 127 cm³/mol. The number of ether oxygens (including phenoxy) is 2. The number of carbonyl (C=O) groups is 1. The van der Waals surface area contributed by atoms with Gasteiger partial charge in [0.1, 0.15) is 5.75 Å². The molecule has 1 aliphatic carbocycles. The minimum Gasteiger partial charge on any atom is -0.493 e. The molecule has 1 fully saturated rings. The fraction of sp³-hybridized carbons (Fsp3) is 0.444. The number of hydrogen-bond donors (Lipinski definition) is 1. The Kier molecular flexibility index (Phi) is 5.92. The summed E-state index contributed by atoms with van der Waals surface area (Å²) in [5, 5.41) is 1.25. The molecule has 0 amide bonds. The third kappa shape index (κ3) is 3.69. The largest absolute Gasteiger partial charge is 0.493 e. The fourth-order valence-electron chi connectivity index (χ4n) is 5.62. The molecule has 2 heterocycles. The van der Waals surface area contributed by atoms with Crippen molar-refractivity contribution in [1.82, 2.24) is 4.57 Å². The van der Waals surface area contributed by atoms with E-state index < -0.39 is 0 Å². The molecule has 1 atom stereocenters. The zero-order valence-electron chi connectivity index (χ0n) is 18.8. The third-order valence-corrected chi connectivity index (χ3v) is 7.17. The lowest BCUT2D eigenvalue weighted by Gasteiger charge is -2.28. The van der Waals surface area contributed by atoms with Gasteiger partial charge in [-0.25, -0.2) is 4.79 Å². The van der Waals surface area contributed by atoms with Gasteiger partial charge in [-0.2, -0.15) is 0 Å². The number of nitrogens with two attached hydrogens (primary N) is 1. The van der Waals surface area contributed by atoms with E-state index in [2.05, 4.69) is 28.8 Å². The SMILES string of the molecule is COC(=O)c1ccc2c(C3CCCCC3)c3n(c2c1)C[C@@H](CCN)COc1ccccc1-3. The molecule has 2 aliphatic rings. The molecule has 0 saturated heterocycles. The van der Waals surface area contributed by atoms with Crippen LogP contribution < -0.4 is 10.5 Å². The highest BCUT2D eigenvalue weighted by atomic mass is 16.5. The fourth-order valence-corrected chi connectivity index (χ4v) is 5.62. The van der Waals surface area contributed by atoms with Gasteiger partial charge in [-0.05, 0) is 61.6 Å². The maximum Gasteiger partial charge on any atom is 0.337 e. The van der Waals surface area contributed by atoms with Crippen LogP contribution in [-0.4, -0.2) is 30.8 Å². The summed E-state index contributed by atoms with van der Waals surface area (Å²) in [6.45, 7) is 2.10. The van der Waals surface area contributed by atoms with Gasteiger partial charge in [0.05, 0.1) is 25.0 Å². The Labute approximate surface area is 189 Å². The number of rotatable bonds is 4. The number of methoxy groups -OCH3 is 1. The predicted octanol–water partition coefficient (Wildman–Crippen LogP) is 5.50. The molecule has 0 bridgehead atoms. The second-order valence-corrected chi connectivity index (χ2v) is 9.18. The first-order valence-corrected chi connectivity index (χ1v) is 11.9. The molecule has 32 heavy (non-hydrogen) atoms. The Morgan fingerprint density at radius 2 is 1.97 bits per heavy atom. The Morgan fingerprint density at radius 1 is 1.16 bits per heavy atom. The van der Waals surface area contributed by atoms with Crippen LogP contribution in [0.3, 0.4) is 0 Å². The van der Waals surface area contributed by atoms with Crippen molar-refractivity contribution >= 4 is 16.9 Å². The van der Waals surface area contributed by atoms with Crippen LogP contribution in [-0.2, 0) is 11.3 Å². The van der Waals surface area contributed by atoms with E-state index in [-0.39, 0.29) is 5.97 Å². The normalized spacial score (nSPS) is 18.9. The highest BCUT2D eigenvalue weighted by Gasteiger charge is 2.30. The van der Waals surface area contributed by atoms with Crippen molar-refractivity contribution in [2.75, 3.05) is 20.3 Å². The average molecular weight is 433 g/mol. The van der Waals surface area contributed by atoms with Crippen molar-refractivity contribution in [3.05, 3.63) is 53.6 Å². The molecule has 5 rings (SSSR count). The van der Waals surface area contributed by atoms with Crippen LogP contribution in [0, 0.1) is 5.92 Å². The Morgan fingerprint density at radius 3 is 2.75 bits per heavy atom. The van der Waals surface area contributed by atoms with E-state index in [4.69, 9.17) is 15.2 Å². The Balaban J connectivity index is 1.81. The van der Waals surface area contributed by atoms with E-state index >= 15 is 0 Å². The highest BCUT2D eigenvalue weighted by molar-refractivity contribution is 5.99.